The predicted molar refractivity (Wildman–Crippen MR) is 47.7 cm³/mol. The molecule has 1 aromatic carbocycles. The van der Waals surface area contributed by atoms with Crippen molar-refractivity contribution in [2.75, 3.05) is 0 Å². The Morgan fingerprint density at radius 2 is 2.14 bits per heavy atom. The number of phenols is 1. The second kappa shape index (κ2) is 3.18. The average Bonchev–Trinajstić information content (AvgIpc) is 2.66. The first kappa shape index (κ1) is 8.26. The molecule has 68 valence electrons. The summed E-state index contributed by atoms with van der Waals surface area (Å²) in [5, 5.41) is 25.5. The van der Waals surface area contributed by atoms with E-state index in [4.69, 9.17) is 5.26 Å². The Hall–Kier alpha value is -2.35. The highest BCUT2D eigenvalue weighted by Gasteiger charge is 2.08. The minimum atomic E-state index is 0.0644. The molecular weight excluding hydrogens is 180 g/mol. The van der Waals surface area contributed by atoms with Gasteiger partial charge in [-0.2, -0.15) is 9.94 Å². The fourth-order valence-electron chi connectivity index (χ4n) is 1.13. The lowest BCUT2D eigenvalue weighted by atomic mass is 10.3. The number of benzene rings is 1. The number of aromatic nitrogens is 3. The van der Waals surface area contributed by atoms with E-state index in [1.54, 1.807) is 18.2 Å². The van der Waals surface area contributed by atoms with Gasteiger partial charge in [-0.1, -0.05) is 17.3 Å². The second-order valence-electron chi connectivity index (χ2n) is 2.63. The lowest BCUT2D eigenvalue weighted by Gasteiger charge is -2.02. The molecule has 0 aliphatic carbocycles. The van der Waals surface area contributed by atoms with Crippen LogP contribution < -0.4 is 0 Å². The average molecular weight is 186 g/mol. The standard InChI is InChI=1S/C9H6N4O/c10-5-7-6-11-12-13(7)8-3-1-2-4-9(8)14/h1-4,6,14H. The van der Waals surface area contributed by atoms with Gasteiger partial charge in [0.25, 0.3) is 0 Å². The Morgan fingerprint density at radius 1 is 1.36 bits per heavy atom. The number of aromatic hydroxyl groups is 1. The number of rotatable bonds is 1. The van der Waals surface area contributed by atoms with E-state index < -0.39 is 0 Å². The molecule has 0 amide bonds. The lowest BCUT2D eigenvalue weighted by Crippen LogP contribution is -1.99. The van der Waals surface area contributed by atoms with Gasteiger partial charge in [0.2, 0.25) is 0 Å². The number of hydrogen-bond donors (Lipinski definition) is 1. The van der Waals surface area contributed by atoms with Crippen molar-refractivity contribution in [3.8, 4) is 17.5 Å². The number of hydrogen-bond acceptors (Lipinski definition) is 4. The highest BCUT2D eigenvalue weighted by molar-refractivity contribution is 5.46. The summed E-state index contributed by atoms with van der Waals surface area (Å²) in [5.74, 6) is 0.0644. The molecule has 0 aliphatic rings. The Balaban J connectivity index is 2.62. The Kier molecular flexibility index (Phi) is 1.88. The second-order valence-corrected chi connectivity index (χ2v) is 2.63. The fraction of sp³-hybridized carbons (Fsp3) is 0. The summed E-state index contributed by atoms with van der Waals surface area (Å²) in [6, 6.07) is 8.56. The molecule has 1 N–H and O–H groups in total. The third-order valence-electron chi connectivity index (χ3n) is 1.77. The van der Waals surface area contributed by atoms with Crippen molar-refractivity contribution in [2.45, 2.75) is 0 Å². The normalized spacial score (nSPS) is 9.64. The van der Waals surface area contributed by atoms with Gasteiger partial charge in [0, 0.05) is 0 Å². The highest BCUT2D eigenvalue weighted by Crippen LogP contribution is 2.20. The smallest absolute Gasteiger partial charge is 0.164 e. The van der Waals surface area contributed by atoms with E-state index in [-0.39, 0.29) is 11.4 Å². The van der Waals surface area contributed by atoms with Gasteiger partial charge >= 0.3 is 0 Å². The van der Waals surface area contributed by atoms with Crippen molar-refractivity contribution in [1.82, 2.24) is 15.0 Å². The Bertz CT molecular complexity index is 498. The van der Waals surface area contributed by atoms with Crippen LogP contribution in [0.1, 0.15) is 5.69 Å². The van der Waals surface area contributed by atoms with Crippen molar-refractivity contribution < 1.29 is 5.11 Å². The van der Waals surface area contributed by atoms with Crippen LogP contribution >= 0.6 is 0 Å². The zero-order valence-corrected chi connectivity index (χ0v) is 7.12. The molecule has 0 radical (unpaired) electrons. The van der Waals surface area contributed by atoms with E-state index in [2.05, 4.69) is 10.3 Å². The molecule has 0 atom stereocenters. The summed E-state index contributed by atoms with van der Waals surface area (Å²) in [5.41, 5.74) is 0.730. The van der Waals surface area contributed by atoms with Crippen molar-refractivity contribution >= 4 is 0 Å². The molecule has 0 bridgehead atoms. The minimum Gasteiger partial charge on any atom is -0.506 e. The first-order chi connectivity index (χ1) is 6.83. The van der Waals surface area contributed by atoms with E-state index in [0.29, 0.717) is 5.69 Å². The lowest BCUT2D eigenvalue weighted by molar-refractivity contribution is 0.469. The van der Waals surface area contributed by atoms with Crippen LogP contribution in [-0.4, -0.2) is 20.1 Å². The molecule has 0 saturated heterocycles. The molecule has 0 fully saturated rings. The maximum Gasteiger partial charge on any atom is 0.164 e. The Labute approximate surface area is 79.8 Å². The fourth-order valence-corrected chi connectivity index (χ4v) is 1.13. The zero-order chi connectivity index (χ0) is 9.97. The van der Waals surface area contributed by atoms with Crippen molar-refractivity contribution in [2.24, 2.45) is 0 Å². The molecule has 0 saturated carbocycles. The maximum atomic E-state index is 9.50. The highest BCUT2D eigenvalue weighted by atomic mass is 16.3. The van der Waals surface area contributed by atoms with Gasteiger partial charge in [0.15, 0.2) is 5.69 Å². The van der Waals surface area contributed by atoms with Gasteiger partial charge in [0.1, 0.15) is 17.5 Å². The summed E-state index contributed by atoms with van der Waals surface area (Å²) in [6.45, 7) is 0. The monoisotopic (exact) mass is 186 g/mol. The quantitative estimate of drug-likeness (QED) is 0.716. The van der Waals surface area contributed by atoms with Crippen LogP contribution in [0.2, 0.25) is 0 Å². The first-order valence-electron chi connectivity index (χ1n) is 3.92. The third kappa shape index (κ3) is 1.19. The van der Waals surface area contributed by atoms with Crippen LogP contribution in [-0.2, 0) is 0 Å². The molecule has 2 rings (SSSR count). The third-order valence-corrected chi connectivity index (χ3v) is 1.77. The maximum absolute atomic E-state index is 9.50. The van der Waals surface area contributed by atoms with Gasteiger partial charge in [-0.05, 0) is 12.1 Å². The summed E-state index contributed by atoms with van der Waals surface area (Å²) in [6.07, 6.45) is 1.34. The largest absolute Gasteiger partial charge is 0.506 e. The minimum absolute atomic E-state index is 0.0644. The molecule has 2 aromatic rings. The van der Waals surface area contributed by atoms with E-state index in [0.717, 1.165) is 0 Å². The molecule has 0 spiro atoms. The topological polar surface area (TPSA) is 74.7 Å². The molecule has 1 aromatic heterocycles. The number of para-hydroxylation sites is 2. The van der Waals surface area contributed by atoms with Gasteiger partial charge in [-0.25, -0.2) is 0 Å². The van der Waals surface area contributed by atoms with Gasteiger partial charge < -0.3 is 5.11 Å². The number of phenolic OH excluding ortho intramolecular Hbond substituents is 1. The van der Waals surface area contributed by atoms with Crippen molar-refractivity contribution in [3.05, 3.63) is 36.2 Å². The first-order valence-corrected chi connectivity index (χ1v) is 3.92. The predicted octanol–water partition coefficient (Wildman–Crippen LogP) is 0.845. The molecule has 14 heavy (non-hydrogen) atoms. The van der Waals surface area contributed by atoms with Crippen LogP contribution in [0.5, 0.6) is 5.75 Å². The van der Waals surface area contributed by atoms with E-state index in [1.807, 2.05) is 6.07 Å². The van der Waals surface area contributed by atoms with Crippen LogP contribution in [0.4, 0.5) is 0 Å². The zero-order valence-electron chi connectivity index (χ0n) is 7.12. The molecular formula is C9H6N4O. The Morgan fingerprint density at radius 3 is 2.86 bits per heavy atom. The van der Waals surface area contributed by atoms with Crippen LogP contribution in [0.3, 0.4) is 0 Å². The van der Waals surface area contributed by atoms with E-state index >= 15 is 0 Å². The van der Waals surface area contributed by atoms with Gasteiger partial charge in [0.05, 0.1) is 6.20 Å². The van der Waals surface area contributed by atoms with Crippen molar-refractivity contribution in [1.29, 1.82) is 5.26 Å². The van der Waals surface area contributed by atoms with Gasteiger partial charge in [-0.3, -0.25) is 0 Å². The summed E-state index contributed by atoms with van der Waals surface area (Å²) < 4.78 is 1.29. The number of nitrogens with zero attached hydrogens (tertiary/aromatic N) is 4. The molecule has 5 nitrogen and oxygen atoms in total. The molecule has 0 aliphatic heterocycles. The van der Waals surface area contributed by atoms with E-state index in [1.165, 1.54) is 16.9 Å². The molecule has 1 heterocycles. The number of nitriles is 1. The van der Waals surface area contributed by atoms with Crippen LogP contribution in [0.15, 0.2) is 30.5 Å². The van der Waals surface area contributed by atoms with Crippen LogP contribution in [0, 0.1) is 11.3 Å². The van der Waals surface area contributed by atoms with Crippen molar-refractivity contribution in [3.63, 3.8) is 0 Å². The summed E-state index contributed by atoms with van der Waals surface area (Å²) in [4.78, 5) is 0. The van der Waals surface area contributed by atoms with E-state index in [9.17, 15) is 5.11 Å². The molecule has 0 unspecified atom stereocenters. The molecule has 5 heteroatoms. The van der Waals surface area contributed by atoms with Gasteiger partial charge in [-0.15, -0.1) is 5.10 Å². The SMILES string of the molecule is N#Cc1cnnn1-c1ccccc1O. The van der Waals surface area contributed by atoms with Crippen LogP contribution in [0.25, 0.3) is 5.69 Å². The summed E-state index contributed by atoms with van der Waals surface area (Å²) in [7, 11) is 0. The summed E-state index contributed by atoms with van der Waals surface area (Å²) >= 11 is 0.